The van der Waals surface area contributed by atoms with Crippen LogP contribution in [0.25, 0.3) is 5.69 Å². The van der Waals surface area contributed by atoms with Crippen molar-refractivity contribution in [1.82, 2.24) is 9.78 Å². The van der Waals surface area contributed by atoms with Crippen molar-refractivity contribution in [3.8, 4) is 5.69 Å². The number of halogens is 1. The Kier molecular flexibility index (Phi) is 5.02. The van der Waals surface area contributed by atoms with Crippen molar-refractivity contribution in [1.29, 1.82) is 0 Å². The van der Waals surface area contributed by atoms with Crippen molar-refractivity contribution in [2.75, 3.05) is 0 Å². The topological polar surface area (TPSA) is 55.1 Å². The maximum atomic E-state index is 11.6. The normalized spacial score (nSPS) is 10.8. The second kappa shape index (κ2) is 6.76. The Morgan fingerprint density at radius 3 is 2.57 bits per heavy atom. The van der Waals surface area contributed by atoms with Crippen LogP contribution in [-0.2, 0) is 12.8 Å². The van der Waals surface area contributed by atoms with Crippen LogP contribution in [0.2, 0.25) is 5.02 Å². The van der Waals surface area contributed by atoms with Gasteiger partial charge in [0.2, 0.25) is 0 Å². The smallest absolute Gasteiger partial charge is 0.339 e. The summed E-state index contributed by atoms with van der Waals surface area (Å²) in [6, 6.07) is 7.32. The zero-order valence-corrected chi connectivity index (χ0v) is 13.0. The summed E-state index contributed by atoms with van der Waals surface area (Å²) in [5, 5.41) is 14.7. The molecule has 5 heteroatoms. The number of carboxylic acids is 1. The number of rotatable bonds is 6. The van der Waals surface area contributed by atoms with E-state index in [1.807, 2.05) is 26.0 Å². The molecule has 0 aliphatic heterocycles. The van der Waals surface area contributed by atoms with E-state index in [0.29, 0.717) is 29.1 Å². The van der Waals surface area contributed by atoms with Crippen molar-refractivity contribution >= 4 is 17.6 Å². The van der Waals surface area contributed by atoms with Crippen molar-refractivity contribution in [3.05, 3.63) is 46.2 Å². The quantitative estimate of drug-likeness (QED) is 0.873. The molecule has 112 valence electrons. The lowest BCUT2D eigenvalue weighted by Gasteiger charge is -2.07. The minimum atomic E-state index is -0.907. The van der Waals surface area contributed by atoms with E-state index in [9.17, 15) is 9.90 Å². The van der Waals surface area contributed by atoms with E-state index in [2.05, 4.69) is 5.10 Å². The molecule has 1 N–H and O–H groups in total. The Morgan fingerprint density at radius 2 is 2.00 bits per heavy atom. The highest BCUT2D eigenvalue weighted by atomic mass is 35.5. The predicted molar refractivity (Wildman–Crippen MR) is 83.5 cm³/mol. The van der Waals surface area contributed by atoms with Crippen LogP contribution in [0, 0.1) is 0 Å². The summed E-state index contributed by atoms with van der Waals surface area (Å²) < 4.78 is 1.73. The molecule has 0 saturated carbocycles. The lowest BCUT2D eigenvalue weighted by molar-refractivity contribution is 0.0694. The van der Waals surface area contributed by atoms with Crippen LogP contribution in [0.1, 0.15) is 48.4 Å². The number of hydrogen-bond donors (Lipinski definition) is 1. The average Bonchev–Trinajstić information content (AvgIpc) is 2.78. The molecule has 1 heterocycles. The zero-order chi connectivity index (χ0) is 15.4. The van der Waals surface area contributed by atoms with Crippen LogP contribution in [0.3, 0.4) is 0 Å². The largest absolute Gasteiger partial charge is 0.478 e. The van der Waals surface area contributed by atoms with Crippen LogP contribution in [0.4, 0.5) is 0 Å². The average molecular weight is 307 g/mol. The summed E-state index contributed by atoms with van der Waals surface area (Å²) in [7, 11) is 0. The van der Waals surface area contributed by atoms with Gasteiger partial charge in [-0.25, -0.2) is 9.48 Å². The molecule has 0 unspecified atom stereocenters. The van der Waals surface area contributed by atoms with Gasteiger partial charge in [0, 0.05) is 5.02 Å². The molecule has 21 heavy (non-hydrogen) atoms. The maximum absolute atomic E-state index is 11.6. The third kappa shape index (κ3) is 3.27. The minimum Gasteiger partial charge on any atom is -0.478 e. The Hall–Kier alpha value is -1.81. The van der Waals surface area contributed by atoms with Gasteiger partial charge in [-0.2, -0.15) is 5.10 Å². The second-order valence-corrected chi connectivity index (χ2v) is 5.40. The summed E-state index contributed by atoms with van der Waals surface area (Å²) >= 11 is 6.04. The first-order valence-corrected chi connectivity index (χ1v) is 7.56. The van der Waals surface area contributed by atoms with E-state index in [4.69, 9.17) is 11.6 Å². The zero-order valence-electron chi connectivity index (χ0n) is 12.3. The second-order valence-electron chi connectivity index (χ2n) is 4.97. The minimum absolute atomic E-state index is 0.346. The molecular formula is C16H19ClN2O2. The fourth-order valence-electron chi connectivity index (χ4n) is 2.45. The molecule has 2 aromatic rings. The van der Waals surface area contributed by atoms with Crippen molar-refractivity contribution < 1.29 is 9.90 Å². The Balaban J connectivity index is 2.64. The molecule has 1 aromatic carbocycles. The molecule has 0 bridgehead atoms. The van der Waals surface area contributed by atoms with Gasteiger partial charge in [-0.1, -0.05) is 44.4 Å². The van der Waals surface area contributed by atoms with E-state index in [0.717, 1.165) is 24.2 Å². The van der Waals surface area contributed by atoms with Crippen LogP contribution < -0.4 is 0 Å². The number of carbonyl (C=O) groups is 1. The number of aryl methyl sites for hydroxylation is 1. The SMILES string of the molecule is CCCc1nn(-c2cccc(Cl)c2)c(CCC)c1C(=O)O. The van der Waals surface area contributed by atoms with Gasteiger partial charge in [-0.3, -0.25) is 0 Å². The number of nitrogens with zero attached hydrogens (tertiary/aromatic N) is 2. The molecule has 0 saturated heterocycles. The molecule has 2 rings (SSSR count). The molecule has 4 nitrogen and oxygen atoms in total. The Bertz CT molecular complexity index is 650. The van der Waals surface area contributed by atoms with Gasteiger partial charge in [0.25, 0.3) is 0 Å². The van der Waals surface area contributed by atoms with E-state index in [1.165, 1.54) is 0 Å². The number of benzene rings is 1. The fraction of sp³-hybridized carbons (Fsp3) is 0.375. The van der Waals surface area contributed by atoms with Crippen molar-refractivity contribution in [3.63, 3.8) is 0 Å². The Labute approximate surface area is 129 Å². The molecule has 0 radical (unpaired) electrons. The first-order chi connectivity index (χ1) is 10.1. The molecule has 0 aliphatic rings. The fourth-order valence-corrected chi connectivity index (χ4v) is 2.64. The van der Waals surface area contributed by atoms with Crippen LogP contribution in [0.5, 0.6) is 0 Å². The summed E-state index contributed by atoms with van der Waals surface area (Å²) in [5.74, 6) is -0.907. The van der Waals surface area contributed by atoms with Gasteiger partial charge in [-0.15, -0.1) is 0 Å². The summed E-state index contributed by atoms with van der Waals surface area (Å²) in [6.07, 6.45) is 3.05. The highest BCUT2D eigenvalue weighted by Crippen LogP contribution is 2.23. The summed E-state index contributed by atoms with van der Waals surface area (Å²) in [5.41, 5.74) is 2.54. The number of hydrogen-bond acceptors (Lipinski definition) is 2. The molecule has 0 amide bonds. The first kappa shape index (κ1) is 15.6. The molecule has 0 aliphatic carbocycles. The predicted octanol–water partition coefficient (Wildman–Crippen LogP) is 4.13. The molecule has 0 atom stereocenters. The third-order valence-corrected chi connectivity index (χ3v) is 3.53. The van der Waals surface area contributed by atoms with Gasteiger partial charge in [0.1, 0.15) is 5.56 Å². The van der Waals surface area contributed by atoms with Crippen molar-refractivity contribution in [2.45, 2.75) is 39.5 Å². The van der Waals surface area contributed by atoms with E-state index >= 15 is 0 Å². The lowest BCUT2D eigenvalue weighted by Crippen LogP contribution is -2.07. The number of aromatic nitrogens is 2. The van der Waals surface area contributed by atoms with Gasteiger partial charge >= 0.3 is 5.97 Å². The highest BCUT2D eigenvalue weighted by Gasteiger charge is 2.23. The van der Waals surface area contributed by atoms with Crippen LogP contribution >= 0.6 is 11.6 Å². The van der Waals surface area contributed by atoms with E-state index in [1.54, 1.807) is 16.8 Å². The van der Waals surface area contributed by atoms with Crippen LogP contribution in [0.15, 0.2) is 24.3 Å². The number of aromatic carboxylic acids is 1. The molecule has 0 spiro atoms. The Morgan fingerprint density at radius 1 is 1.29 bits per heavy atom. The molecular weight excluding hydrogens is 288 g/mol. The standard InChI is InChI=1S/C16H19ClN2O2/c1-3-6-13-15(16(20)21)14(7-4-2)19(18-13)12-9-5-8-11(17)10-12/h5,8-10H,3-4,6-7H2,1-2H3,(H,20,21). The van der Waals surface area contributed by atoms with Crippen molar-refractivity contribution in [2.24, 2.45) is 0 Å². The third-order valence-electron chi connectivity index (χ3n) is 3.29. The maximum Gasteiger partial charge on any atom is 0.339 e. The van der Waals surface area contributed by atoms with Gasteiger partial charge < -0.3 is 5.11 Å². The monoisotopic (exact) mass is 306 g/mol. The van der Waals surface area contributed by atoms with Crippen LogP contribution in [-0.4, -0.2) is 20.9 Å². The van der Waals surface area contributed by atoms with Gasteiger partial charge in [-0.05, 0) is 31.0 Å². The van der Waals surface area contributed by atoms with E-state index in [-0.39, 0.29) is 0 Å². The lowest BCUT2D eigenvalue weighted by atomic mass is 10.1. The molecule has 1 aromatic heterocycles. The first-order valence-electron chi connectivity index (χ1n) is 7.18. The van der Waals surface area contributed by atoms with Gasteiger partial charge in [0.15, 0.2) is 0 Å². The highest BCUT2D eigenvalue weighted by molar-refractivity contribution is 6.30. The van der Waals surface area contributed by atoms with E-state index < -0.39 is 5.97 Å². The summed E-state index contributed by atoms with van der Waals surface area (Å²) in [4.78, 5) is 11.6. The number of carboxylic acid groups (broad SMARTS) is 1. The van der Waals surface area contributed by atoms with Gasteiger partial charge in [0.05, 0.1) is 17.1 Å². The summed E-state index contributed by atoms with van der Waals surface area (Å²) in [6.45, 7) is 4.05. The molecule has 0 fully saturated rings.